The van der Waals surface area contributed by atoms with Crippen molar-refractivity contribution in [3.05, 3.63) is 57.1 Å². The predicted molar refractivity (Wildman–Crippen MR) is 107 cm³/mol. The van der Waals surface area contributed by atoms with E-state index in [2.05, 4.69) is 15.8 Å². The summed E-state index contributed by atoms with van der Waals surface area (Å²) in [6, 6.07) is 8.71. The van der Waals surface area contributed by atoms with Crippen LogP contribution < -0.4 is 20.2 Å². The zero-order chi connectivity index (χ0) is 20.5. The summed E-state index contributed by atoms with van der Waals surface area (Å²) < 4.78 is 10.8. The first-order valence-corrected chi connectivity index (χ1v) is 8.76. The van der Waals surface area contributed by atoms with Crippen LogP contribution in [0.15, 0.2) is 41.5 Å². The van der Waals surface area contributed by atoms with Crippen molar-refractivity contribution in [3.8, 4) is 11.5 Å². The van der Waals surface area contributed by atoms with Gasteiger partial charge in [-0.2, -0.15) is 5.10 Å². The van der Waals surface area contributed by atoms with Crippen molar-refractivity contribution in [2.45, 2.75) is 13.8 Å². The molecule has 0 fully saturated rings. The Bertz CT molecular complexity index is 888. The molecule has 0 aromatic heterocycles. The third-order valence-electron chi connectivity index (χ3n) is 3.34. The third-order valence-corrected chi connectivity index (χ3v) is 3.58. The molecule has 148 valence electrons. The molecule has 0 spiro atoms. The van der Waals surface area contributed by atoms with Gasteiger partial charge in [-0.1, -0.05) is 17.7 Å². The lowest BCUT2D eigenvalue weighted by Crippen LogP contribution is -2.24. The highest BCUT2D eigenvalue weighted by Crippen LogP contribution is 2.34. The number of nitro groups is 1. The van der Waals surface area contributed by atoms with Crippen molar-refractivity contribution in [2.24, 2.45) is 5.10 Å². The molecule has 0 saturated carbocycles. The summed E-state index contributed by atoms with van der Waals surface area (Å²) in [6.07, 6.45) is 1.26. The number of amides is 2. The number of nitrogens with one attached hydrogen (secondary N) is 2. The lowest BCUT2D eigenvalue weighted by atomic mass is 10.1. The summed E-state index contributed by atoms with van der Waals surface area (Å²) in [5.41, 5.74) is 2.86. The van der Waals surface area contributed by atoms with Gasteiger partial charge in [0.1, 0.15) is 5.75 Å². The number of nitrogens with zero attached hydrogens (tertiary/aromatic N) is 2. The number of anilines is 1. The summed E-state index contributed by atoms with van der Waals surface area (Å²) in [5.74, 6) is 0.442. The molecule has 0 heterocycles. The lowest BCUT2D eigenvalue weighted by molar-refractivity contribution is -0.385. The first-order valence-electron chi connectivity index (χ1n) is 8.38. The molecule has 0 radical (unpaired) electrons. The van der Waals surface area contributed by atoms with E-state index in [1.165, 1.54) is 18.3 Å². The molecule has 0 aliphatic heterocycles. The SMILES string of the molecule is CCOc1cc(OCC)c([N+](=O)[O-])cc1/C=N\NC(=O)Nc1cccc(Cl)c1. The van der Waals surface area contributed by atoms with Crippen LogP contribution >= 0.6 is 11.6 Å². The normalized spacial score (nSPS) is 10.5. The molecule has 0 unspecified atom stereocenters. The minimum atomic E-state index is -0.600. The molecular weight excluding hydrogens is 388 g/mol. The zero-order valence-corrected chi connectivity index (χ0v) is 16.0. The van der Waals surface area contributed by atoms with Crippen molar-refractivity contribution in [1.82, 2.24) is 5.43 Å². The Balaban J connectivity index is 2.17. The molecule has 2 aromatic rings. The van der Waals surface area contributed by atoms with Gasteiger partial charge in [0.15, 0.2) is 0 Å². The maximum Gasteiger partial charge on any atom is 0.339 e. The maximum atomic E-state index is 11.9. The van der Waals surface area contributed by atoms with Gasteiger partial charge in [0.2, 0.25) is 5.75 Å². The molecule has 28 heavy (non-hydrogen) atoms. The van der Waals surface area contributed by atoms with Crippen LogP contribution in [0.25, 0.3) is 0 Å². The van der Waals surface area contributed by atoms with Gasteiger partial charge in [-0.05, 0) is 32.0 Å². The molecule has 0 aliphatic rings. The Morgan fingerprint density at radius 1 is 1.21 bits per heavy atom. The van der Waals surface area contributed by atoms with Crippen LogP contribution in [0, 0.1) is 10.1 Å². The molecule has 2 rings (SSSR count). The van der Waals surface area contributed by atoms with Crippen molar-refractivity contribution in [1.29, 1.82) is 0 Å². The van der Waals surface area contributed by atoms with E-state index < -0.39 is 11.0 Å². The number of rotatable bonds is 8. The molecule has 0 bridgehead atoms. The Morgan fingerprint density at radius 2 is 1.93 bits per heavy atom. The fraction of sp³-hybridized carbons (Fsp3) is 0.222. The van der Waals surface area contributed by atoms with Crippen LogP contribution in [0.4, 0.5) is 16.2 Å². The average molecular weight is 407 g/mol. The number of benzene rings is 2. The highest BCUT2D eigenvalue weighted by molar-refractivity contribution is 6.30. The van der Waals surface area contributed by atoms with Gasteiger partial charge in [0, 0.05) is 28.4 Å². The molecule has 0 saturated heterocycles. The fourth-order valence-corrected chi connectivity index (χ4v) is 2.44. The van der Waals surface area contributed by atoms with Crippen molar-refractivity contribution >= 4 is 35.2 Å². The quantitative estimate of drug-likeness (QED) is 0.387. The maximum absolute atomic E-state index is 11.9. The largest absolute Gasteiger partial charge is 0.493 e. The zero-order valence-electron chi connectivity index (χ0n) is 15.3. The van der Waals surface area contributed by atoms with Crippen LogP contribution in [0.2, 0.25) is 5.02 Å². The molecule has 10 heteroatoms. The van der Waals surface area contributed by atoms with Gasteiger partial charge in [0.25, 0.3) is 0 Å². The number of hydrogen-bond acceptors (Lipinski definition) is 6. The standard InChI is InChI=1S/C18H19ClN4O5/c1-3-27-16-10-17(28-4-2)15(23(25)26)8-12(16)11-20-22-18(24)21-14-7-5-6-13(19)9-14/h5-11H,3-4H2,1-2H3,(H2,21,22,24)/b20-11-. The van der Waals surface area contributed by atoms with Crippen molar-refractivity contribution < 1.29 is 19.2 Å². The molecule has 0 atom stereocenters. The van der Waals surface area contributed by atoms with Crippen LogP contribution in [0.1, 0.15) is 19.4 Å². The average Bonchev–Trinajstić information content (AvgIpc) is 2.63. The minimum absolute atomic E-state index is 0.0970. The number of halogens is 1. The van der Waals surface area contributed by atoms with E-state index in [9.17, 15) is 14.9 Å². The summed E-state index contributed by atoms with van der Waals surface area (Å²) in [5, 5.41) is 18.1. The van der Waals surface area contributed by atoms with E-state index in [1.54, 1.807) is 38.1 Å². The summed E-state index contributed by atoms with van der Waals surface area (Å²) in [6.45, 7) is 4.11. The van der Waals surface area contributed by atoms with E-state index in [0.717, 1.165) is 0 Å². The number of nitro benzene ring substituents is 1. The molecule has 0 aliphatic carbocycles. The van der Waals surface area contributed by atoms with Crippen LogP contribution in [-0.2, 0) is 0 Å². The summed E-state index contributed by atoms with van der Waals surface area (Å²) in [7, 11) is 0. The number of hydrogen-bond donors (Lipinski definition) is 2. The van der Waals surface area contributed by atoms with Gasteiger partial charge < -0.3 is 14.8 Å². The molecular formula is C18H19ClN4O5. The van der Waals surface area contributed by atoms with Gasteiger partial charge in [0.05, 0.1) is 24.4 Å². The summed E-state index contributed by atoms with van der Waals surface area (Å²) in [4.78, 5) is 22.6. The van der Waals surface area contributed by atoms with Crippen molar-refractivity contribution in [2.75, 3.05) is 18.5 Å². The van der Waals surface area contributed by atoms with Gasteiger partial charge >= 0.3 is 11.7 Å². The Kier molecular flexibility index (Phi) is 7.58. The van der Waals surface area contributed by atoms with E-state index in [0.29, 0.717) is 28.6 Å². The van der Waals surface area contributed by atoms with E-state index in [-0.39, 0.29) is 18.0 Å². The highest BCUT2D eigenvalue weighted by atomic mass is 35.5. The number of urea groups is 1. The monoisotopic (exact) mass is 406 g/mol. The molecule has 2 aromatic carbocycles. The number of carbonyl (C=O) groups excluding carboxylic acids is 1. The first kappa shape index (κ1) is 21.0. The highest BCUT2D eigenvalue weighted by Gasteiger charge is 2.19. The fourth-order valence-electron chi connectivity index (χ4n) is 2.25. The lowest BCUT2D eigenvalue weighted by Gasteiger charge is -2.11. The second kappa shape index (κ2) is 10.1. The van der Waals surface area contributed by atoms with E-state index in [1.807, 2.05) is 0 Å². The number of carbonyl (C=O) groups is 1. The molecule has 2 amide bonds. The second-order valence-electron chi connectivity index (χ2n) is 5.32. The topological polar surface area (TPSA) is 115 Å². The predicted octanol–water partition coefficient (Wildman–Crippen LogP) is 4.20. The Morgan fingerprint density at radius 3 is 2.57 bits per heavy atom. The van der Waals surface area contributed by atoms with Gasteiger partial charge in [-0.15, -0.1) is 0 Å². The van der Waals surface area contributed by atoms with Gasteiger partial charge in [-0.3, -0.25) is 10.1 Å². The minimum Gasteiger partial charge on any atom is -0.493 e. The first-order chi connectivity index (χ1) is 13.4. The Hall–Kier alpha value is -3.33. The Labute approximate surface area is 166 Å². The smallest absolute Gasteiger partial charge is 0.339 e. The van der Waals surface area contributed by atoms with Crippen molar-refractivity contribution in [3.63, 3.8) is 0 Å². The third kappa shape index (κ3) is 5.85. The second-order valence-corrected chi connectivity index (χ2v) is 5.75. The number of hydrazone groups is 1. The van der Waals surface area contributed by atoms with Crippen LogP contribution in [0.5, 0.6) is 11.5 Å². The van der Waals surface area contributed by atoms with Crippen LogP contribution in [0.3, 0.4) is 0 Å². The van der Waals surface area contributed by atoms with E-state index in [4.69, 9.17) is 21.1 Å². The van der Waals surface area contributed by atoms with Gasteiger partial charge in [-0.25, -0.2) is 10.2 Å². The van der Waals surface area contributed by atoms with E-state index >= 15 is 0 Å². The summed E-state index contributed by atoms with van der Waals surface area (Å²) >= 11 is 5.85. The number of ether oxygens (including phenoxy) is 2. The molecule has 9 nitrogen and oxygen atoms in total. The van der Waals surface area contributed by atoms with Crippen LogP contribution in [-0.4, -0.2) is 30.4 Å². The molecule has 2 N–H and O–H groups in total.